The van der Waals surface area contributed by atoms with Gasteiger partial charge in [-0.2, -0.15) is 0 Å². The highest BCUT2D eigenvalue weighted by molar-refractivity contribution is 5.94. The molecule has 0 aromatic rings. The molecule has 0 aromatic carbocycles. The summed E-state index contributed by atoms with van der Waals surface area (Å²) in [6.45, 7) is 5.79. The summed E-state index contributed by atoms with van der Waals surface area (Å²) < 4.78 is 0. The van der Waals surface area contributed by atoms with Crippen molar-refractivity contribution in [3.8, 4) is 0 Å². The molecule has 1 rings (SSSR count). The topological polar surface area (TPSA) is 206 Å². The molecule has 12 nitrogen and oxygen atoms in total. The Bertz CT molecular complexity index is 710. The number of aliphatic carboxylic acids is 1. The summed E-state index contributed by atoms with van der Waals surface area (Å²) in [5.74, 6) is -2.74. The summed E-state index contributed by atoms with van der Waals surface area (Å²) in [4.78, 5) is 54.8. The standard InChI is InChI=1S/C20H37N7O5/c1-4-11(2)15(26-16(28)13(21)7-5-9-24-20(22)23)18(30)27-10-6-8-14(27)17(29)25-12(3)19(31)32/h11-15H,4-10,21H2,1-3H3,(H,25,29)(H,26,28)(H,31,32)(H4,22,23,24). The van der Waals surface area contributed by atoms with Crippen LogP contribution in [0.2, 0.25) is 0 Å². The molecule has 182 valence electrons. The molecule has 0 aliphatic carbocycles. The SMILES string of the molecule is CCC(C)C(NC(=O)C(N)CCCN=C(N)N)C(=O)N1CCCC1C(=O)NC(C)C(=O)O. The van der Waals surface area contributed by atoms with Crippen LogP contribution in [-0.4, -0.2) is 76.9 Å². The van der Waals surface area contributed by atoms with Crippen LogP contribution >= 0.6 is 0 Å². The Morgan fingerprint density at radius 2 is 1.84 bits per heavy atom. The number of hydrogen-bond acceptors (Lipinski definition) is 6. The van der Waals surface area contributed by atoms with E-state index in [9.17, 15) is 19.2 Å². The van der Waals surface area contributed by atoms with Crippen LogP contribution < -0.4 is 27.8 Å². The highest BCUT2D eigenvalue weighted by Crippen LogP contribution is 2.21. The van der Waals surface area contributed by atoms with Crippen LogP contribution in [0.3, 0.4) is 0 Å². The van der Waals surface area contributed by atoms with Crippen LogP contribution in [0, 0.1) is 5.92 Å². The molecule has 1 aliphatic heterocycles. The van der Waals surface area contributed by atoms with E-state index in [1.807, 2.05) is 13.8 Å². The molecule has 5 unspecified atom stereocenters. The molecular formula is C20H37N7O5. The Kier molecular flexibility index (Phi) is 10.9. The van der Waals surface area contributed by atoms with Gasteiger partial charge < -0.3 is 37.8 Å². The Morgan fingerprint density at radius 1 is 1.19 bits per heavy atom. The summed E-state index contributed by atoms with van der Waals surface area (Å²) in [5, 5.41) is 14.2. The lowest BCUT2D eigenvalue weighted by Crippen LogP contribution is -2.58. The van der Waals surface area contributed by atoms with Crippen LogP contribution in [0.15, 0.2) is 4.99 Å². The summed E-state index contributed by atoms with van der Waals surface area (Å²) >= 11 is 0. The Hall–Kier alpha value is -2.89. The Labute approximate surface area is 188 Å². The molecule has 1 aliphatic rings. The number of rotatable bonds is 12. The second-order valence-electron chi connectivity index (χ2n) is 8.19. The molecule has 0 bridgehead atoms. The van der Waals surface area contributed by atoms with Gasteiger partial charge in [-0.25, -0.2) is 0 Å². The molecule has 0 saturated carbocycles. The zero-order valence-electron chi connectivity index (χ0n) is 19.0. The van der Waals surface area contributed by atoms with Crippen molar-refractivity contribution in [2.75, 3.05) is 13.1 Å². The van der Waals surface area contributed by atoms with Gasteiger partial charge in [0.2, 0.25) is 17.7 Å². The van der Waals surface area contributed by atoms with Crippen molar-refractivity contribution in [1.29, 1.82) is 0 Å². The highest BCUT2D eigenvalue weighted by atomic mass is 16.4. The number of likely N-dealkylation sites (tertiary alicyclic amines) is 1. The smallest absolute Gasteiger partial charge is 0.325 e. The molecular weight excluding hydrogens is 418 g/mol. The lowest BCUT2D eigenvalue weighted by Gasteiger charge is -2.32. The molecule has 9 N–H and O–H groups in total. The zero-order chi connectivity index (χ0) is 24.4. The number of carboxylic acids is 1. The van der Waals surface area contributed by atoms with Crippen molar-refractivity contribution < 1.29 is 24.3 Å². The first-order valence-electron chi connectivity index (χ1n) is 10.9. The largest absolute Gasteiger partial charge is 0.480 e. The number of carboxylic acid groups (broad SMARTS) is 1. The summed E-state index contributed by atoms with van der Waals surface area (Å²) in [5.41, 5.74) is 16.5. The Morgan fingerprint density at radius 3 is 2.41 bits per heavy atom. The van der Waals surface area contributed by atoms with E-state index in [0.29, 0.717) is 45.2 Å². The van der Waals surface area contributed by atoms with Gasteiger partial charge in [-0.1, -0.05) is 20.3 Å². The summed E-state index contributed by atoms with van der Waals surface area (Å²) in [7, 11) is 0. The van der Waals surface area contributed by atoms with Gasteiger partial charge in [-0.05, 0) is 38.5 Å². The van der Waals surface area contributed by atoms with E-state index < -0.39 is 42.0 Å². The molecule has 12 heteroatoms. The summed E-state index contributed by atoms with van der Waals surface area (Å²) in [6, 6.07) is -3.53. The van der Waals surface area contributed by atoms with Gasteiger partial charge in [0, 0.05) is 13.1 Å². The van der Waals surface area contributed by atoms with Crippen molar-refractivity contribution in [3.05, 3.63) is 0 Å². The van der Waals surface area contributed by atoms with E-state index >= 15 is 0 Å². The lowest BCUT2D eigenvalue weighted by molar-refractivity contribution is -0.145. The van der Waals surface area contributed by atoms with Crippen LogP contribution in [0.25, 0.3) is 0 Å². The number of carbonyl (C=O) groups excluding carboxylic acids is 3. The first-order valence-corrected chi connectivity index (χ1v) is 10.9. The van der Waals surface area contributed by atoms with E-state index in [2.05, 4.69) is 15.6 Å². The number of aliphatic imine (C=N–C) groups is 1. The van der Waals surface area contributed by atoms with E-state index in [1.54, 1.807) is 0 Å². The molecule has 0 radical (unpaired) electrons. The highest BCUT2D eigenvalue weighted by Gasteiger charge is 2.40. The van der Waals surface area contributed by atoms with Crippen LogP contribution in [0.4, 0.5) is 0 Å². The number of nitrogens with two attached hydrogens (primary N) is 3. The third-order valence-electron chi connectivity index (χ3n) is 5.65. The molecule has 32 heavy (non-hydrogen) atoms. The minimum Gasteiger partial charge on any atom is -0.480 e. The van der Waals surface area contributed by atoms with Crippen LogP contribution in [-0.2, 0) is 19.2 Å². The molecule has 0 aromatic heterocycles. The van der Waals surface area contributed by atoms with Crippen molar-refractivity contribution in [1.82, 2.24) is 15.5 Å². The maximum absolute atomic E-state index is 13.3. The van der Waals surface area contributed by atoms with Crippen molar-refractivity contribution in [3.63, 3.8) is 0 Å². The number of hydrogen-bond donors (Lipinski definition) is 6. The average Bonchev–Trinajstić information content (AvgIpc) is 3.23. The molecule has 5 atom stereocenters. The minimum absolute atomic E-state index is 0.0348. The third-order valence-corrected chi connectivity index (χ3v) is 5.65. The second kappa shape index (κ2) is 12.8. The third kappa shape index (κ3) is 7.98. The maximum Gasteiger partial charge on any atom is 0.325 e. The van der Waals surface area contributed by atoms with Gasteiger partial charge >= 0.3 is 5.97 Å². The Balaban J connectivity index is 2.84. The molecule has 0 spiro atoms. The predicted molar refractivity (Wildman–Crippen MR) is 119 cm³/mol. The molecule has 1 saturated heterocycles. The van der Waals surface area contributed by atoms with Gasteiger partial charge in [0.05, 0.1) is 6.04 Å². The first kappa shape index (κ1) is 27.1. The monoisotopic (exact) mass is 455 g/mol. The normalized spacial score (nSPS) is 19.4. The minimum atomic E-state index is -1.16. The van der Waals surface area contributed by atoms with E-state index in [1.165, 1.54) is 11.8 Å². The van der Waals surface area contributed by atoms with Gasteiger partial charge in [-0.15, -0.1) is 0 Å². The number of nitrogens with one attached hydrogen (secondary N) is 2. The number of carbonyl (C=O) groups is 4. The van der Waals surface area contributed by atoms with Crippen LogP contribution in [0.5, 0.6) is 0 Å². The first-order chi connectivity index (χ1) is 15.0. The maximum atomic E-state index is 13.3. The second-order valence-corrected chi connectivity index (χ2v) is 8.19. The van der Waals surface area contributed by atoms with E-state index in [0.717, 1.165) is 0 Å². The summed E-state index contributed by atoms with van der Waals surface area (Å²) in [6.07, 6.45) is 2.50. The van der Waals surface area contributed by atoms with Crippen molar-refractivity contribution >= 4 is 29.7 Å². The van der Waals surface area contributed by atoms with Gasteiger partial charge in [-0.3, -0.25) is 24.2 Å². The fourth-order valence-electron chi connectivity index (χ4n) is 3.45. The number of guanidine groups is 1. The van der Waals surface area contributed by atoms with Gasteiger partial charge in [0.1, 0.15) is 18.1 Å². The van der Waals surface area contributed by atoms with Gasteiger partial charge in [0.25, 0.3) is 0 Å². The fourth-order valence-corrected chi connectivity index (χ4v) is 3.45. The lowest BCUT2D eigenvalue weighted by atomic mass is 9.96. The average molecular weight is 456 g/mol. The number of amides is 3. The fraction of sp³-hybridized carbons (Fsp3) is 0.750. The van der Waals surface area contributed by atoms with Crippen LogP contribution in [0.1, 0.15) is 52.9 Å². The van der Waals surface area contributed by atoms with E-state index in [4.69, 9.17) is 22.3 Å². The zero-order valence-corrected chi connectivity index (χ0v) is 19.0. The van der Waals surface area contributed by atoms with Crippen molar-refractivity contribution in [2.45, 2.75) is 77.0 Å². The molecule has 3 amide bonds. The molecule has 1 fully saturated rings. The van der Waals surface area contributed by atoms with Crippen molar-refractivity contribution in [2.24, 2.45) is 28.1 Å². The van der Waals surface area contributed by atoms with Gasteiger partial charge in [0.15, 0.2) is 5.96 Å². The van der Waals surface area contributed by atoms with E-state index in [-0.39, 0.29) is 17.8 Å². The molecule has 1 heterocycles. The predicted octanol–water partition coefficient (Wildman–Crippen LogP) is -1.52. The number of nitrogens with zero attached hydrogens (tertiary/aromatic N) is 2. The quantitative estimate of drug-likeness (QED) is 0.115.